The van der Waals surface area contributed by atoms with Gasteiger partial charge in [0, 0.05) is 68.6 Å². The molecule has 0 aromatic heterocycles. The van der Waals surface area contributed by atoms with Crippen molar-refractivity contribution < 1.29 is 47.7 Å². The van der Waals surface area contributed by atoms with Crippen molar-refractivity contribution in [3.8, 4) is 46.0 Å². The molecule has 0 unspecified atom stereocenters. The molecule has 2 heterocycles. The SMILES string of the molecule is Cc1ccc(Oc2cc3c4c(cc(Oc5ccc(C)cc5C)c5c6c(Oc7ccc(C)cc7C)cc7c8c(cc(Oc9ccc(C)cc9C)c(c2c45)c86)C(=O)N(CC(=O)N(C)c2ccccc2)C7=O)C(=O)N(CC(=O)N(C)c2ccccc2)C3=O)c(C)c1. The minimum Gasteiger partial charge on any atom is -0.456 e. The number of fused-ring (bicyclic) bond motifs is 2. The van der Waals surface area contributed by atoms with Gasteiger partial charge < -0.3 is 28.7 Å². The van der Waals surface area contributed by atoms with E-state index in [0.717, 1.165) is 54.3 Å². The predicted octanol–water partition coefficient (Wildman–Crippen LogP) is 15.9. The molecule has 0 aliphatic carbocycles. The highest BCUT2D eigenvalue weighted by atomic mass is 16.5. The Balaban J connectivity index is 1.20. The Kier molecular flexibility index (Phi) is 13.8. The van der Waals surface area contributed by atoms with Crippen molar-refractivity contribution >= 4 is 89.9 Å². The van der Waals surface area contributed by atoms with Crippen LogP contribution in [0.15, 0.2) is 158 Å². The van der Waals surface area contributed by atoms with Crippen LogP contribution in [0.25, 0.3) is 43.1 Å². The van der Waals surface area contributed by atoms with Gasteiger partial charge in [0.2, 0.25) is 11.8 Å². The maximum atomic E-state index is 15.7. The van der Waals surface area contributed by atoms with Gasteiger partial charge in [-0.25, -0.2) is 0 Å². The molecule has 14 heteroatoms. The number of ether oxygens (including phenoxy) is 4. The van der Waals surface area contributed by atoms with Crippen LogP contribution >= 0.6 is 0 Å². The van der Waals surface area contributed by atoms with E-state index in [-0.39, 0.29) is 56.0 Å². The van der Waals surface area contributed by atoms with Gasteiger partial charge in [-0.15, -0.1) is 0 Å². The third kappa shape index (κ3) is 9.44. The van der Waals surface area contributed by atoms with Gasteiger partial charge in [-0.05, 0) is 150 Å². The van der Waals surface area contributed by atoms with Crippen LogP contribution in [0.1, 0.15) is 85.9 Å². The lowest BCUT2D eigenvalue weighted by Gasteiger charge is -2.33. The highest BCUT2D eigenvalue weighted by molar-refractivity contribution is 6.45. The summed E-state index contributed by atoms with van der Waals surface area (Å²) in [4.78, 5) is 96.4. The Labute approximate surface area is 507 Å². The topological polar surface area (TPSA) is 152 Å². The second-order valence-electron chi connectivity index (χ2n) is 23.1. The molecule has 13 rings (SSSR count). The van der Waals surface area contributed by atoms with Crippen LogP contribution in [0.4, 0.5) is 11.4 Å². The van der Waals surface area contributed by atoms with Crippen molar-refractivity contribution in [2.45, 2.75) is 55.4 Å². The largest absolute Gasteiger partial charge is 0.456 e. The normalized spacial score (nSPS) is 12.9. The van der Waals surface area contributed by atoms with Crippen LogP contribution < -0.4 is 28.7 Å². The number of carbonyl (C=O) groups excluding carboxylic acids is 6. The monoisotopic (exact) mass is 1160 g/mol. The van der Waals surface area contributed by atoms with E-state index in [1.807, 2.05) is 140 Å². The van der Waals surface area contributed by atoms with Crippen molar-refractivity contribution in [3.05, 3.63) is 224 Å². The molecule has 11 aromatic carbocycles. The van der Waals surface area contributed by atoms with Crippen LogP contribution in [0.5, 0.6) is 46.0 Å². The number of carbonyl (C=O) groups is 6. The van der Waals surface area contributed by atoms with Crippen LogP contribution in [0, 0.1) is 55.4 Å². The predicted molar refractivity (Wildman–Crippen MR) is 342 cm³/mol. The van der Waals surface area contributed by atoms with Gasteiger partial charge in [0.05, 0.1) is 22.3 Å². The molecule has 0 atom stereocenters. The number of imide groups is 2. The number of hydrogen-bond donors (Lipinski definition) is 0. The molecule has 2 aliphatic rings. The molecule has 0 saturated heterocycles. The third-order valence-corrected chi connectivity index (χ3v) is 16.9. The van der Waals surface area contributed by atoms with E-state index in [1.165, 1.54) is 9.80 Å². The highest BCUT2D eigenvalue weighted by Crippen LogP contribution is 2.58. The molecule has 0 fully saturated rings. The van der Waals surface area contributed by atoms with Crippen LogP contribution in [0.2, 0.25) is 0 Å². The zero-order valence-corrected chi connectivity index (χ0v) is 50.3. The van der Waals surface area contributed by atoms with Crippen molar-refractivity contribution in [2.75, 3.05) is 37.0 Å². The Morgan fingerprint density at radius 2 is 0.568 bits per heavy atom. The molecule has 0 N–H and O–H groups in total. The van der Waals surface area contributed by atoms with Crippen molar-refractivity contribution in [3.63, 3.8) is 0 Å². The number of nitrogens with zero attached hydrogens (tertiary/aromatic N) is 4. The minimum absolute atomic E-state index is 0.0523. The van der Waals surface area contributed by atoms with Crippen LogP contribution in [-0.4, -0.2) is 72.4 Å². The quantitative estimate of drug-likeness (QED) is 0.0584. The fraction of sp³-hybridized carbons (Fsp3) is 0.162. The molecule has 2 aliphatic heterocycles. The molecule has 0 bridgehead atoms. The Bertz CT molecular complexity index is 4300. The molecule has 0 spiro atoms. The summed E-state index contributed by atoms with van der Waals surface area (Å²) in [6.45, 7) is 14.3. The highest BCUT2D eigenvalue weighted by Gasteiger charge is 2.43. The number of likely N-dealkylation sites (N-methyl/N-ethyl adjacent to an activating group) is 2. The first kappa shape index (κ1) is 56.3. The summed E-state index contributed by atoms with van der Waals surface area (Å²) < 4.78 is 28.9. The Morgan fingerprint density at radius 3 is 0.807 bits per heavy atom. The van der Waals surface area contributed by atoms with E-state index in [2.05, 4.69) is 0 Å². The number of benzene rings is 11. The summed E-state index contributed by atoms with van der Waals surface area (Å²) in [5.74, 6) is -1.77. The van der Waals surface area contributed by atoms with E-state index in [1.54, 1.807) is 86.9 Å². The zero-order valence-electron chi connectivity index (χ0n) is 50.3. The molecule has 6 amide bonds. The molecule has 0 saturated carbocycles. The lowest BCUT2D eigenvalue weighted by Crippen LogP contribution is -2.47. The number of hydrogen-bond acceptors (Lipinski definition) is 10. The third-order valence-electron chi connectivity index (χ3n) is 16.9. The summed E-state index contributed by atoms with van der Waals surface area (Å²) in [5.41, 5.74) is 8.28. The van der Waals surface area contributed by atoms with Gasteiger partial charge in [0.1, 0.15) is 59.1 Å². The molecular weight excluding hydrogens is 1100 g/mol. The van der Waals surface area contributed by atoms with E-state index < -0.39 is 48.5 Å². The molecule has 11 aromatic rings. The summed E-state index contributed by atoms with van der Waals surface area (Å²) in [6.07, 6.45) is 0. The first-order chi connectivity index (χ1) is 42.2. The number of para-hydroxylation sites is 2. The number of rotatable bonds is 14. The van der Waals surface area contributed by atoms with Crippen molar-refractivity contribution in [1.82, 2.24) is 9.80 Å². The second kappa shape index (κ2) is 21.6. The molecular formula is C74H60N4O10. The fourth-order valence-electron chi connectivity index (χ4n) is 12.4. The number of anilines is 2. The first-order valence-corrected chi connectivity index (χ1v) is 29.0. The lowest BCUT2D eigenvalue weighted by atomic mass is 9.80. The Hall–Kier alpha value is -10.9. The van der Waals surface area contributed by atoms with Gasteiger partial charge in [0.15, 0.2) is 0 Å². The summed E-state index contributed by atoms with van der Waals surface area (Å²) in [5, 5.41) is 2.48. The van der Waals surface area contributed by atoms with Crippen LogP contribution in [-0.2, 0) is 9.59 Å². The van der Waals surface area contributed by atoms with E-state index in [9.17, 15) is 9.59 Å². The van der Waals surface area contributed by atoms with Gasteiger partial charge in [-0.3, -0.25) is 38.6 Å². The van der Waals surface area contributed by atoms with Gasteiger partial charge >= 0.3 is 0 Å². The molecule has 436 valence electrons. The van der Waals surface area contributed by atoms with Crippen molar-refractivity contribution in [2.24, 2.45) is 0 Å². The standard InChI is InChI=1S/C74H60N4O10/c1-39-21-25-53(43(5)29-39)85-57-33-49-63-50(72(82)77(71(49)81)37-61(79)75(9)47-17-13-11-14-18-47)35-59(87-55-27-23-41(3)31-45(55)7)67-68-60(88-56-28-24-42(4)32-46(56)8)36-52-64-51(73(83)78(74(52)84)38-62(80)76(10)48-19-15-12-16-20-48)34-58(66(70(64)68)65(57)69(63)67)86-54-26-22-40(2)30-44(54)6/h11-36H,37-38H2,1-10H3. The van der Waals surface area contributed by atoms with Gasteiger partial charge in [-0.1, -0.05) is 107 Å². The lowest BCUT2D eigenvalue weighted by molar-refractivity contribution is -0.119. The van der Waals surface area contributed by atoms with E-state index in [4.69, 9.17) is 18.9 Å². The number of aryl methyl sites for hydroxylation is 8. The summed E-state index contributed by atoms with van der Waals surface area (Å²) in [6, 6.07) is 47.2. The maximum absolute atomic E-state index is 15.7. The maximum Gasteiger partial charge on any atom is 0.262 e. The minimum atomic E-state index is -0.753. The van der Waals surface area contributed by atoms with E-state index in [0.29, 0.717) is 66.7 Å². The van der Waals surface area contributed by atoms with E-state index >= 15 is 19.2 Å². The van der Waals surface area contributed by atoms with Gasteiger partial charge in [-0.2, -0.15) is 0 Å². The smallest absolute Gasteiger partial charge is 0.262 e. The second-order valence-corrected chi connectivity index (χ2v) is 23.1. The first-order valence-electron chi connectivity index (χ1n) is 29.0. The Morgan fingerprint density at radius 1 is 0.318 bits per heavy atom. The fourth-order valence-corrected chi connectivity index (χ4v) is 12.4. The van der Waals surface area contributed by atoms with Crippen molar-refractivity contribution in [1.29, 1.82) is 0 Å². The van der Waals surface area contributed by atoms with Gasteiger partial charge in [0.25, 0.3) is 23.6 Å². The summed E-state index contributed by atoms with van der Waals surface area (Å²) in [7, 11) is 3.18. The zero-order chi connectivity index (χ0) is 61.7. The average Bonchev–Trinajstić information content (AvgIpc) is 0.699. The molecule has 14 nitrogen and oxygen atoms in total. The van der Waals surface area contributed by atoms with Crippen LogP contribution in [0.3, 0.4) is 0 Å². The molecule has 0 radical (unpaired) electrons. The average molecular weight is 1170 g/mol. The molecule has 88 heavy (non-hydrogen) atoms. The summed E-state index contributed by atoms with van der Waals surface area (Å²) >= 11 is 0. The number of amides is 6.